The van der Waals surface area contributed by atoms with Gasteiger partial charge in [0.1, 0.15) is 0 Å². The van der Waals surface area contributed by atoms with Gasteiger partial charge in [-0.2, -0.15) is 0 Å². The molecule has 2 N–H and O–H groups in total. The average molecular weight is 283 g/mol. The van der Waals surface area contributed by atoms with Gasteiger partial charge in [0.15, 0.2) is 0 Å². The van der Waals surface area contributed by atoms with Gasteiger partial charge in [0, 0.05) is 35.7 Å². The van der Waals surface area contributed by atoms with Gasteiger partial charge in [0.2, 0.25) is 5.91 Å². The Balaban J connectivity index is 1.61. The summed E-state index contributed by atoms with van der Waals surface area (Å²) in [4.78, 5) is 11.8. The quantitative estimate of drug-likeness (QED) is 0.852. The Bertz CT molecular complexity index is 628. The Morgan fingerprint density at radius 3 is 2.81 bits per heavy atom. The lowest BCUT2D eigenvalue weighted by Gasteiger charge is -2.11. The molecule has 0 atom stereocenters. The van der Waals surface area contributed by atoms with E-state index in [0.717, 1.165) is 37.3 Å². The Labute approximate surface area is 125 Å². The first-order chi connectivity index (χ1) is 10.3. The van der Waals surface area contributed by atoms with Crippen molar-refractivity contribution in [3.8, 4) is 0 Å². The molecule has 1 saturated carbocycles. The normalized spacial score (nSPS) is 14.0. The third-order valence-corrected chi connectivity index (χ3v) is 3.82. The van der Waals surface area contributed by atoms with Crippen molar-refractivity contribution >= 4 is 17.3 Å². The first-order valence-corrected chi connectivity index (χ1v) is 7.55. The molecule has 1 heterocycles. The second-order valence-electron chi connectivity index (χ2n) is 5.48. The Morgan fingerprint density at radius 2 is 2.05 bits per heavy atom. The van der Waals surface area contributed by atoms with Gasteiger partial charge < -0.3 is 15.2 Å². The van der Waals surface area contributed by atoms with Crippen molar-refractivity contribution in [1.82, 2.24) is 4.57 Å². The standard InChI is InChI=1S/C17H21N3O/c1-2-20-10-4-7-16(20)12-18-14-5-3-6-15(11-14)19-17(21)13-8-9-13/h3-7,10-11,13,18H,2,8-9,12H2,1H3,(H,19,21). The van der Waals surface area contributed by atoms with E-state index in [1.165, 1.54) is 5.69 Å². The highest BCUT2D eigenvalue weighted by Crippen LogP contribution is 2.30. The van der Waals surface area contributed by atoms with E-state index in [9.17, 15) is 4.79 Å². The van der Waals surface area contributed by atoms with Crippen molar-refractivity contribution < 1.29 is 4.79 Å². The number of amides is 1. The zero-order valence-corrected chi connectivity index (χ0v) is 12.3. The molecule has 0 saturated heterocycles. The predicted molar refractivity (Wildman–Crippen MR) is 85.2 cm³/mol. The predicted octanol–water partition coefficient (Wildman–Crippen LogP) is 3.47. The summed E-state index contributed by atoms with van der Waals surface area (Å²) in [6.07, 6.45) is 4.14. The summed E-state index contributed by atoms with van der Waals surface area (Å²) in [6, 6.07) is 12.1. The molecule has 1 aromatic carbocycles. The van der Waals surface area contributed by atoms with Gasteiger partial charge in [-0.25, -0.2) is 0 Å². The van der Waals surface area contributed by atoms with Gasteiger partial charge in [-0.15, -0.1) is 0 Å². The molecule has 1 fully saturated rings. The van der Waals surface area contributed by atoms with Crippen LogP contribution in [0.3, 0.4) is 0 Å². The van der Waals surface area contributed by atoms with E-state index >= 15 is 0 Å². The minimum Gasteiger partial charge on any atom is -0.379 e. The molecule has 0 spiro atoms. The van der Waals surface area contributed by atoms with E-state index < -0.39 is 0 Å². The maximum atomic E-state index is 11.8. The van der Waals surface area contributed by atoms with Crippen LogP contribution in [0, 0.1) is 5.92 Å². The lowest BCUT2D eigenvalue weighted by atomic mass is 10.2. The molecule has 4 nitrogen and oxygen atoms in total. The number of anilines is 2. The minimum atomic E-state index is 0.145. The molecule has 1 aliphatic rings. The minimum absolute atomic E-state index is 0.145. The second-order valence-corrected chi connectivity index (χ2v) is 5.48. The van der Waals surface area contributed by atoms with E-state index in [-0.39, 0.29) is 11.8 Å². The van der Waals surface area contributed by atoms with Gasteiger partial charge in [0.05, 0.1) is 6.54 Å². The lowest BCUT2D eigenvalue weighted by molar-refractivity contribution is -0.117. The molecule has 21 heavy (non-hydrogen) atoms. The van der Waals surface area contributed by atoms with Gasteiger partial charge >= 0.3 is 0 Å². The molecular weight excluding hydrogens is 262 g/mol. The number of hydrogen-bond acceptors (Lipinski definition) is 2. The van der Waals surface area contributed by atoms with Gasteiger partial charge in [-0.1, -0.05) is 6.07 Å². The molecule has 0 unspecified atom stereocenters. The van der Waals surface area contributed by atoms with Crippen molar-refractivity contribution in [1.29, 1.82) is 0 Å². The van der Waals surface area contributed by atoms with Crippen LogP contribution in [-0.2, 0) is 17.9 Å². The van der Waals surface area contributed by atoms with Crippen LogP contribution in [0.4, 0.5) is 11.4 Å². The molecule has 0 radical (unpaired) electrons. The van der Waals surface area contributed by atoms with Crippen LogP contribution < -0.4 is 10.6 Å². The fourth-order valence-corrected chi connectivity index (χ4v) is 2.41. The molecule has 1 aromatic heterocycles. The Hall–Kier alpha value is -2.23. The molecule has 0 aliphatic heterocycles. The molecule has 4 heteroatoms. The highest BCUT2D eigenvalue weighted by atomic mass is 16.2. The van der Waals surface area contributed by atoms with E-state index in [0.29, 0.717) is 0 Å². The van der Waals surface area contributed by atoms with Crippen molar-refractivity contribution in [3.05, 3.63) is 48.3 Å². The van der Waals surface area contributed by atoms with Crippen LogP contribution in [0.25, 0.3) is 0 Å². The maximum Gasteiger partial charge on any atom is 0.227 e. The maximum absolute atomic E-state index is 11.8. The first kappa shape index (κ1) is 13.7. The zero-order chi connectivity index (χ0) is 14.7. The van der Waals surface area contributed by atoms with Crippen LogP contribution in [0.1, 0.15) is 25.5 Å². The monoisotopic (exact) mass is 283 g/mol. The van der Waals surface area contributed by atoms with Crippen molar-refractivity contribution in [2.24, 2.45) is 5.92 Å². The number of carbonyl (C=O) groups excluding carboxylic acids is 1. The SMILES string of the molecule is CCn1cccc1CNc1cccc(NC(=O)C2CC2)c1. The summed E-state index contributed by atoms with van der Waals surface area (Å²) < 4.78 is 2.21. The number of nitrogens with zero attached hydrogens (tertiary/aromatic N) is 1. The van der Waals surface area contributed by atoms with Crippen LogP contribution >= 0.6 is 0 Å². The third-order valence-electron chi connectivity index (χ3n) is 3.82. The van der Waals surface area contributed by atoms with Gasteiger partial charge in [-0.3, -0.25) is 4.79 Å². The summed E-state index contributed by atoms with van der Waals surface area (Å²) >= 11 is 0. The molecule has 110 valence electrons. The topological polar surface area (TPSA) is 46.1 Å². The van der Waals surface area contributed by atoms with E-state index in [4.69, 9.17) is 0 Å². The van der Waals surface area contributed by atoms with E-state index in [1.807, 2.05) is 24.3 Å². The van der Waals surface area contributed by atoms with Crippen molar-refractivity contribution in [3.63, 3.8) is 0 Å². The Kier molecular flexibility index (Phi) is 3.95. The smallest absolute Gasteiger partial charge is 0.227 e. The van der Waals surface area contributed by atoms with Crippen molar-refractivity contribution in [2.75, 3.05) is 10.6 Å². The van der Waals surface area contributed by atoms with Crippen LogP contribution in [0.2, 0.25) is 0 Å². The van der Waals surface area contributed by atoms with Crippen LogP contribution in [0.15, 0.2) is 42.6 Å². The number of rotatable bonds is 6. The average Bonchev–Trinajstić information content (AvgIpc) is 3.25. The van der Waals surface area contributed by atoms with Gasteiger partial charge in [-0.05, 0) is 50.1 Å². The summed E-state index contributed by atoms with van der Waals surface area (Å²) in [5.74, 6) is 0.376. The highest BCUT2D eigenvalue weighted by Gasteiger charge is 2.29. The second kappa shape index (κ2) is 6.04. The molecule has 0 bridgehead atoms. The first-order valence-electron chi connectivity index (χ1n) is 7.55. The molecule has 2 aromatic rings. The fraction of sp³-hybridized carbons (Fsp3) is 0.353. The zero-order valence-electron chi connectivity index (χ0n) is 12.3. The number of carbonyl (C=O) groups is 1. The number of nitrogens with one attached hydrogen (secondary N) is 2. The van der Waals surface area contributed by atoms with Crippen molar-refractivity contribution in [2.45, 2.75) is 32.9 Å². The third kappa shape index (κ3) is 3.45. The number of aryl methyl sites for hydroxylation is 1. The number of hydrogen-bond donors (Lipinski definition) is 2. The molecule has 1 aliphatic carbocycles. The largest absolute Gasteiger partial charge is 0.379 e. The van der Waals surface area contributed by atoms with Gasteiger partial charge in [0.25, 0.3) is 0 Å². The highest BCUT2D eigenvalue weighted by molar-refractivity contribution is 5.94. The molecule has 3 rings (SSSR count). The lowest BCUT2D eigenvalue weighted by Crippen LogP contribution is -2.13. The van der Waals surface area contributed by atoms with E-state index in [1.54, 1.807) is 0 Å². The van der Waals surface area contributed by atoms with Crippen LogP contribution in [-0.4, -0.2) is 10.5 Å². The van der Waals surface area contributed by atoms with Crippen LogP contribution in [0.5, 0.6) is 0 Å². The number of benzene rings is 1. The molecular formula is C17H21N3O. The number of aromatic nitrogens is 1. The molecule has 1 amide bonds. The van der Waals surface area contributed by atoms with E-state index in [2.05, 4.69) is 40.5 Å². The fourth-order valence-electron chi connectivity index (χ4n) is 2.41. The summed E-state index contributed by atoms with van der Waals surface area (Å²) in [5, 5.41) is 6.38. The summed E-state index contributed by atoms with van der Waals surface area (Å²) in [5.41, 5.74) is 3.14. The Morgan fingerprint density at radius 1 is 1.24 bits per heavy atom. The summed E-state index contributed by atoms with van der Waals surface area (Å²) in [6.45, 7) is 3.89. The summed E-state index contributed by atoms with van der Waals surface area (Å²) in [7, 11) is 0.